The van der Waals surface area contributed by atoms with Crippen LogP contribution in [-0.2, 0) is 11.3 Å². The molecule has 158 valence electrons. The van der Waals surface area contributed by atoms with Crippen LogP contribution in [0.5, 0.6) is 0 Å². The van der Waals surface area contributed by atoms with E-state index in [1.165, 1.54) is 0 Å². The van der Waals surface area contributed by atoms with Crippen LogP contribution < -0.4 is 0 Å². The third-order valence-corrected chi connectivity index (χ3v) is 6.04. The Morgan fingerprint density at radius 2 is 1.57 bits per heavy atom. The Bertz CT molecular complexity index is 936. The summed E-state index contributed by atoms with van der Waals surface area (Å²) < 4.78 is 46.3. The highest BCUT2D eigenvalue weighted by Gasteiger charge is 2.44. The molecule has 2 unspecified atom stereocenters. The van der Waals surface area contributed by atoms with Crippen LogP contribution in [0.3, 0.4) is 0 Å². The number of carbonyl (C=O) groups is 2. The molecule has 2 aliphatic heterocycles. The first-order chi connectivity index (χ1) is 14.4. The summed E-state index contributed by atoms with van der Waals surface area (Å²) in [4.78, 5) is 27.3. The normalized spacial score (nSPS) is 23.2. The molecule has 30 heavy (non-hydrogen) atoms. The summed E-state index contributed by atoms with van der Waals surface area (Å²) in [5.41, 5.74) is 0.451. The van der Waals surface area contributed by atoms with Crippen LogP contribution in [0.4, 0.5) is 18.0 Å². The van der Waals surface area contributed by atoms with Crippen LogP contribution in [0.15, 0.2) is 42.5 Å². The van der Waals surface area contributed by atoms with Gasteiger partial charge >= 0.3 is 6.09 Å². The number of hydrogen-bond acceptors (Lipinski definition) is 3. The van der Waals surface area contributed by atoms with E-state index in [2.05, 4.69) is 0 Å². The number of carbonyl (C=O) groups excluding carboxylic acids is 2. The van der Waals surface area contributed by atoms with Crippen LogP contribution in [0.2, 0.25) is 0 Å². The van der Waals surface area contributed by atoms with Crippen LogP contribution >= 0.6 is 0 Å². The topological polar surface area (TPSA) is 46.6 Å². The van der Waals surface area contributed by atoms with E-state index in [4.69, 9.17) is 4.74 Å². The van der Waals surface area contributed by atoms with Crippen LogP contribution in [-0.4, -0.2) is 28.9 Å². The number of rotatable bonds is 4. The Morgan fingerprint density at radius 3 is 2.23 bits per heavy atom. The molecule has 2 bridgehead atoms. The molecule has 2 aromatic carbocycles. The van der Waals surface area contributed by atoms with Crippen molar-refractivity contribution in [3.05, 3.63) is 71.0 Å². The first-order valence-corrected chi connectivity index (χ1v) is 10.1. The van der Waals surface area contributed by atoms with Crippen molar-refractivity contribution in [2.75, 3.05) is 0 Å². The second-order valence-electron chi connectivity index (χ2n) is 7.96. The number of benzene rings is 2. The molecule has 0 spiro atoms. The largest absolute Gasteiger partial charge is 0.445 e. The van der Waals surface area contributed by atoms with E-state index in [1.807, 2.05) is 30.3 Å². The summed E-state index contributed by atoms with van der Waals surface area (Å²) in [6, 6.07) is 10.0. The number of amides is 1. The highest BCUT2D eigenvalue weighted by atomic mass is 19.2. The average molecular weight is 417 g/mol. The summed E-state index contributed by atoms with van der Waals surface area (Å²) in [5, 5.41) is 0. The fourth-order valence-electron chi connectivity index (χ4n) is 4.62. The summed E-state index contributed by atoms with van der Waals surface area (Å²) >= 11 is 0. The molecule has 0 saturated carbocycles. The molecule has 2 atom stereocenters. The van der Waals surface area contributed by atoms with Gasteiger partial charge in [0.2, 0.25) is 0 Å². The monoisotopic (exact) mass is 417 g/mol. The van der Waals surface area contributed by atoms with Crippen molar-refractivity contribution in [1.29, 1.82) is 0 Å². The number of piperidine rings is 2. The van der Waals surface area contributed by atoms with Crippen LogP contribution in [0.1, 0.15) is 48.0 Å². The number of ketones is 1. The molecule has 7 heteroatoms. The Morgan fingerprint density at radius 1 is 0.933 bits per heavy atom. The highest BCUT2D eigenvalue weighted by Crippen LogP contribution is 2.39. The molecule has 0 N–H and O–H groups in total. The smallest absolute Gasteiger partial charge is 0.410 e. The molecule has 2 fully saturated rings. The van der Waals surface area contributed by atoms with Crippen molar-refractivity contribution < 1.29 is 27.5 Å². The van der Waals surface area contributed by atoms with E-state index in [0.29, 0.717) is 25.0 Å². The van der Waals surface area contributed by atoms with E-state index in [0.717, 1.165) is 24.8 Å². The zero-order valence-electron chi connectivity index (χ0n) is 16.3. The van der Waals surface area contributed by atoms with Crippen molar-refractivity contribution in [3.63, 3.8) is 0 Å². The van der Waals surface area contributed by atoms with Gasteiger partial charge in [-0.25, -0.2) is 18.0 Å². The van der Waals surface area contributed by atoms with Crippen molar-refractivity contribution >= 4 is 11.9 Å². The van der Waals surface area contributed by atoms with Gasteiger partial charge < -0.3 is 9.64 Å². The van der Waals surface area contributed by atoms with Gasteiger partial charge in [0.15, 0.2) is 17.4 Å². The third kappa shape index (κ3) is 4.06. The van der Waals surface area contributed by atoms with Gasteiger partial charge in [-0.2, -0.15) is 0 Å². The van der Waals surface area contributed by atoms with Crippen molar-refractivity contribution in [2.24, 2.45) is 5.92 Å². The second kappa shape index (κ2) is 8.50. The molecule has 2 saturated heterocycles. The molecule has 0 aliphatic carbocycles. The Labute approximate surface area is 172 Å². The molecule has 0 aromatic heterocycles. The molecule has 2 aromatic rings. The number of Topliss-reactive ketones (excluding diaryl/α,β-unsaturated/α-hetero) is 1. The minimum absolute atomic E-state index is 0.165. The molecule has 0 radical (unpaired) electrons. The Kier molecular flexibility index (Phi) is 5.79. The van der Waals surface area contributed by atoms with E-state index >= 15 is 0 Å². The first kappa shape index (κ1) is 20.4. The van der Waals surface area contributed by atoms with Gasteiger partial charge in [0.05, 0.1) is 5.56 Å². The zero-order chi connectivity index (χ0) is 21.3. The SMILES string of the molecule is O=C(c1cc(F)c(F)cc1F)C1CC2CCCC(C1)N2C(=O)OCc1ccccc1. The van der Waals surface area contributed by atoms with Crippen molar-refractivity contribution in [2.45, 2.75) is 50.8 Å². The van der Waals surface area contributed by atoms with Crippen LogP contribution in [0.25, 0.3) is 0 Å². The molecular formula is C23H22F3NO3. The number of ether oxygens (including phenoxy) is 1. The van der Waals surface area contributed by atoms with E-state index in [9.17, 15) is 22.8 Å². The van der Waals surface area contributed by atoms with E-state index in [-0.39, 0.29) is 18.7 Å². The minimum Gasteiger partial charge on any atom is -0.445 e. The summed E-state index contributed by atoms with van der Waals surface area (Å²) in [6.45, 7) is 0.165. The van der Waals surface area contributed by atoms with Gasteiger partial charge in [-0.3, -0.25) is 4.79 Å². The fraction of sp³-hybridized carbons (Fsp3) is 0.391. The predicted octanol–water partition coefficient (Wildman–Crippen LogP) is 5.26. The van der Waals surface area contributed by atoms with Crippen molar-refractivity contribution in [3.8, 4) is 0 Å². The molecule has 4 nitrogen and oxygen atoms in total. The third-order valence-electron chi connectivity index (χ3n) is 6.04. The van der Waals surface area contributed by atoms with Gasteiger partial charge in [0.25, 0.3) is 0 Å². The summed E-state index contributed by atoms with van der Waals surface area (Å²) in [7, 11) is 0. The van der Waals surface area contributed by atoms with Crippen LogP contribution in [0, 0.1) is 23.4 Å². The molecule has 2 aliphatic rings. The number of fused-ring (bicyclic) bond motifs is 2. The van der Waals surface area contributed by atoms with E-state index in [1.54, 1.807) is 4.90 Å². The standard InChI is InChI=1S/C23H22F3NO3/c24-19-12-21(26)20(25)11-18(19)22(28)15-9-16-7-4-8-17(10-15)27(16)23(29)30-13-14-5-2-1-3-6-14/h1-3,5-6,11-12,15-17H,4,7-10,13H2. The molecular weight excluding hydrogens is 395 g/mol. The zero-order valence-corrected chi connectivity index (χ0v) is 16.3. The summed E-state index contributed by atoms with van der Waals surface area (Å²) in [5.74, 6) is -4.72. The number of hydrogen-bond donors (Lipinski definition) is 0. The van der Waals surface area contributed by atoms with Gasteiger partial charge in [0.1, 0.15) is 12.4 Å². The Hall–Kier alpha value is -2.83. The first-order valence-electron chi connectivity index (χ1n) is 10.1. The quantitative estimate of drug-likeness (QED) is 0.504. The van der Waals surface area contributed by atoms with Crippen molar-refractivity contribution in [1.82, 2.24) is 4.90 Å². The van der Waals surface area contributed by atoms with Gasteiger partial charge in [-0.15, -0.1) is 0 Å². The lowest BCUT2D eigenvalue weighted by atomic mass is 9.76. The van der Waals surface area contributed by atoms with Gasteiger partial charge in [-0.05, 0) is 43.7 Å². The Balaban J connectivity index is 1.46. The maximum atomic E-state index is 14.1. The van der Waals surface area contributed by atoms with Gasteiger partial charge in [0, 0.05) is 24.1 Å². The molecule has 2 heterocycles. The molecule has 4 rings (SSSR count). The van der Waals surface area contributed by atoms with Gasteiger partial charge in [-0.1, -0.05) is 30.3 Å². The minimum atomic E-state index is -1.32. The lowest BCUT2D eigenvalue weighted by Gasteiger charge is -2.47. The fourth-order valence-corrected chi connectivity index (χ4v) is 4.62. The molecule has 1 amide bonds. The second-order valence-corrected chi connectivity index (χ2v) is 7.96. The predicted molar refractivity (Wildman–Crippen MR) is 103 cm³/mol. The maximum Gasteiger partial charge on any atom is 0.410 e. The van der Waals surface area contributed by atoms with E-state index < -0.39 is 40.8 Å². The highest BCUT2D eigenvalue weighted by molar-refractivity contribution is 5.98. The average Bonchev–Trinajstić information content (AvgIpc) is 2.74. The number of halogens is 3. The lowest BCUT2D eigenvalue weighted by molar-refractivity contribution is 0.00463. The number of nitrogens with zero attached hydrogens (tertiary/aromatic N) is 1. The summed E-state index contributed by atoms with van der Waals surface area (Å²) in [6.07, 6.45) is 2.67. The lowest BCUT2D eigenvalue weighted by Crippen LogP contribution is -2.55. The maximum absolute atomic E-state index is 14.1.